The Labute approximate surface area is 133 Å². The molecule has 2 atom stereocenters. The molecule has 7 nitrogen and oxygen atoms in total. The van der Waals surface area contributed by atoms with Crippen LogP contribution in [-0.4, -0.2) is 37.5 Å². The van der Waals surface area contributed by atoms with Crippen LogP contribution in [0.1, 0.15) is 22.8 Å². The summed E-state index contributed by atoms with van der Waals surface area (Å²) in [6.45, 7) is 1.68. The average molecular weight is 313 g/mol. The van der Waals surface area contributed by atoms with E-state index in [1.807, 2.05) is 12.1 Å². The minimum atomic E-state index is -1.72. The highest BCUT2D eigenvalue weighted by Gasteiger charge is 2.57. The van der Waals surface area contributed by atoms with Crippen LogP contribution in [0.5, 0.6) is 5.75 Å². The fourth-order valence-corrected chi connectivity index (χ4v) is 2.77. The monoisotopic (exact) mass is 313 g/mol. The van der Waals surface area contributed by atoms with Crippen molar-refractivity contribution in [3.63, 3.8) is 0 Å². The van der Waals surface area contributed by atoms with Crippen molar-refractivity contribution in [2.75, 3.05) is 20.8 Å². The minimum Gasteiger partial charge on any atom is -0.497 e. The number of nitriles is 2. The molecule has 7 heteroatoms. The van der Waals surface area contributed by atoms with Crippen molar-refractivity contribution < 1.29 is 19.1 Å². The summed E-state index contributed by atoms with van der Waals surface area (Å²) < 4.78 is 9.99. The normalized spacial score (nSPS) is 20.2. The maximum atomic E-state index is 12.5. The van der Waals surface area contributed by atoms with Crippen LogP contribution in [0.2, 0.25) is 0 Å². The van der Waals surface area contributed by atoms with Gasteiger partial charge in [-0.1, -0.05) is 6.07 Å². The molecule has 2 rings (SSSR count). The number of rotatable bonds is 4. The van der Waals surface area contributed by atoms with E-state index in [0.717, 1.165) is 4.90 Å². The third-order valence-electron chi connectivity index (χ3n) is 3.94. The van der Waals surface area contributed by atoms with Crippen molar-refractivity contribution in [1.29, 1.82) is 10.5 Å². The van der Waals surface area contributed by atoms with Gasteiger partial charge in [0.05, 0.1) is 25.9 Å². The number of hydrogen-bond donors (Lipinski definition) is 0. The average Bonchev–Trinajstić information content (AvgIpc) is 2.78. The molecule has 0 aromatic heterocycles. The number of nitrogens with zero attached hydrogens (tertiary/aromatic N) is 3. The Morgan fingerprint density at radius 2 is 2.13 bits per heavy atom. The largest absolute Gasteiger partial charge is 0.497 e. The first-order valence-electron chi connectivity index (χ1n) is 6.92. The summed E-state index contributed by atoms with van der Waals surface area (Å²) in [7, 11) is 2.85. The third kappa shape index (κ3) is 2.18. The van der Waals surface area contributed by atoms with Crippen LogP contribution in [0.4, 0.5) is 0 Å². The van der Waals surface area contributed by atoms with Gasteiger partial charge in [-0.25, -0.2) is 0 Å². The number of esters is 1. The lowest BCUT2D eigenvalue weighted by atomic mass is 9.79. The van der Waals surface area contributed by atoms with Crippen LogP contribution >= 0.6 is 0 Å². The summed E-state index contributed by atoms with van der Waals surface area (Å²) in [4.78, 5) is 25.8. The molecule has 0 saturated carbocycles. The number of carbonyl (C=O) groups is 2. The zero-order valence-corrected chi connectivity index (χ0v) is 13.0. The molecule has 2 unspecified atom stereocenters. The Hall–Kier alpha value is -3.06. The van der Waals surface area contributed by atoms with Gasteiger partial charge in [0.2, 0.25) is 0 Å². The molecule has 0 fully saturated rings. The Morgan fingerprint density at radius 1 is 1.43 bits per heavy atom. The van der Waals surface area contributed by atoms with E-state index in [1.54, 1.807) is 13.0 Å². The smallest absolute Gasteiger partial charge is 0.327 e. The highest BCUT2D eigenvalue weighted by atomic mass is 16.5. The molecule has 1 aliphatic rings. The molecule has 118 valence electrons. The van der Waals surface area contributed by atoms with E-state index in [-0.39, 0.29) is 12.2 Å². The first-order valence-corrected chi connectivity index (χ1v) is 6.92. The summed E-state index contributed by atoms with van der Waals surface area (Å²) in [5.74, 6) is -2.29. The molecule has 0 N–H and O–H groups in total. The van der Waals surface area contributed by atoms with E-state index >= 15 is 0 Å². The Bertz CT molecular complexity index is 747. The van der Waals surface area contributed by atoms with Gasteiger partial charge in [0.1, 0.15) is 5.75 Å². The van der Waals surface area contributed by atoms with Crippen LogP contribution in [0.3, 0.4) is 0 Å². The standard InChI is InChI=1S/C16H15N3O4/c1-4-23-15(21)13(8-17)16(9-18)12-6-5-10(22-3)7-11(12)14(20)19(16)2/h5-7,13H,4H2,1-3H3. The summed E-state index contributed by atoms with van der Waals surface area (Å²) in [6.07, 6.45) is 0. The SMILES string of the molecule is CCOC(=O)C(C#N)C1(C#N)c2ccc(OC)cc2C(=O)N1C. The topological polar surface area (TPSA) is 103 Å². The molecule has 1 amide bonds. The Morgan fingerprint density at radius 3 is 2.65 bits per heavy atom. The van der Waals surface area contributed by atoms with E-state index in [9.17, 15) is 20.1 Å². The maximum absolute atomic E-state index is 12.5. The van der Waals surface area contributed by atoms with Gasteiger partial charge >= 0.3 is 5.97 Å². The molecule has 1 aromatic rings. The maximum Gasteiger partial charge on any atom is 0.327 e. The fourth-order valence-electron chi connectivity index (χ4n) is 2.77. The highest BCUT2D eigenvalue weighted by molar-refractivity contribution is 6.02. The van der Waals surface area contributed by atoms with Gasteiger partial charge in [0.15, 0.2) is 11.5 Å². The number of methoxy groups -OCH3 is 1. The van der Waals surface area contributed by atoms with Crippen LogP contribution < -0.4 is 4.74 Å². The number of benzene rings is 1. The molecule has 1 heterocycles. The molecular formula is C16H15N3O4. The number of ether oxygens (including phenoxy) is 2. The summed E-state index contributed by atoms with van der Waals surface area (Å²) in [6, 6.07) is 8.40. The molecule has 23 heavy (non-hydrogen) atoms. The predicted molar refractivity (Wildman–Crippen MR) is 78.1 cm³/mol. The van der Waals surface area contributed by atoms with Gasteiger partial charge in [-0.3, -0.25) is 9.59 Å². The lowest BCUT2D eigenvalue weighted by molar-refractivity contribution is -0.149. The predicted octanol–water partition coefficient (Wildman–Crippen LogP) is 1.20. The molecule has 0 saturated heterocycles. The van der Waals surface area contributed by atoms with E-state index in [1.165, 1.54) is 26.3 Å². The second-order valence-corrected chi connectivity index (χ2v) is 4.97. The number of amides is 1. The van der Waals surface area contributed by atoms with Crippen molar-refractivity contribution in [1.82, 2.24) is 4.90 Å². The zero-order chi connectivity index (χ0) is 17.2. The van der Waals surface area contributed by atoms with Crippen LogP contribution in [-0.2, 0) is 15.1 Å². The van der Waals surface area contributed by atoms with E-state index in [0.29, 0.717) is 11.3 Å². The van der Waals surface area contributed by atoms with Crippen molar-refractivity contribution in [2.24, 2.45) is 5.92 Å². The number of hydrogen-bond acceptors (Lipinski definition) is 6. The van der Waals surface area contributed by atoms with Gasteiger partial charge in [0, 0.05) is 18.2 Å². The zero-order valence-electron chi connectivity index (χ0n) is 13.0. The second kappa shape index (κ2) is 5.98. The van der Waals surface area contributed by atoms with Crippen molar-refractivity contribution in [3.8, 4) is 17.9 Å². The fraction of sp³-hybridized carbons (Fsp3) is 0.375. The lowest BCUT2D eigenvalue weighted by Gasteiger charge is -2.32. The summed E-state index contributed by atoms with van der Waals surface area (Å²) >= 11 is 0. The van der Waals surface area contributed by atoms with Crippen LogP contribution in [0.25, 0.3) is 0 Å². The molecule has 0 radical (unpaired) electrons. The minimum absolute atomic E-state index is 0.0751. The van der Waals surface area contributed by atoms with Gasteiger partial charge in [-0.05, 0) is 19.1 Å². The lowest BCUT2D eigenvalue weighted by Crippen LogP contribution is -2.48. The van der Waals surface area contributed by atoms with Crippen LogP contribution in [0, 0.1) is 28.6 Å². The quantitative estimate of drug-likeness (QED) is 0.774. The van der Waals surface area contributed by atoms with Gasteiger partial charge in [0.25, 0.3) is 5.91 Å². The van der Waals surface area contributed by atoms with Crippen LogP contribution in [0.15, 0.2) is 18.2 Å². The Balaban J connectivity index is 2.69. The summed E-state index contributed by atoms with van der Waals surface area (Å²) in [5, 5.41) is 19.2. The van der Waals surface area contributed by atoms with Gasteiger partial charge < -0.3 is 14.4 Å². The van der Waals surface area contributed by atoms with E-state index in [4.69, 9.17) is 9.47 Å². The number of carbonyl (C=O) groups excluding carboxylic acids is 2. The molecule has 1 aliphatic heterocycles. The highest BCUT2D eigenvalue weighted by Crippen LogP contribution is 2.44. The molecule has 1 aromatic carbocycles. The summed E-state index contributed by atoms with van der Waals surface area (Å²) in [5.41, 5.74) is -1.19. The third-order valence-corrected chi connectivity index (χ3v) is 3.94. The van der Waals surface area contributed by atoms with Crippen molar-refractivity contribution in [2.45, 2.75) is 12.5 Å². The second-order valence-electron chi connectivity index (χ2n) is 4.97. The van der Waals surface area contributed by atoms with E-state index in [2.05, 4.69) is 0 Å². The molecule has 0 bridgehead atoms. The molecular weight excluding hydrogens is 298 g/mol. The van der Waals surface area contributed by atoms with Gasteiger partial charge in [-0.2, -0.15) is 10.5 Å². The Kier molecular flexibility index (Phi) is 4.24. The molecule has 0 aliphatic carbocycles. The molecule has 0 spiro atoms. The van der Waals surface area contributed by atoms with Crippen molar-refractivity contribution in [3.05, 3.63) is 29.3 Å². The first kappa shape index (κ1) is 16.3. The number of fused-ring (bicyclic) bond motifs is 1. The van der Waals surface area contributed by atoms with Gasteiger partial charge in [-0.15, -0.1) is 0 Å². The van der Waals surface area contributed by atoms with E-state index < -0.39 is 23.3 Å². The van der Waals surface area contributed by atoms with Crippen molar-refractivity contribution >= 4 is 11.9 Å². The first-order chi connectivity index (χ1) is 11.0.